The predicted octanol–water partition coefficient (Wildman–Crippen LogP) is 4.30. The van der Waals surface area contributed by atoms with E-state index in [-0.39, 0.29) is 5.91 Å². The average Bonchev–Trinajstić information content (AvgIpc) is 3.24. The second-order valence-corrected chi connectivity index (χ2v) is 9.43. The molecule has 2 fully saturated rings. The van der Waals surface area contributed by atoms with Crippen LogP contribution in [0.3, 0.4) is 0 Å². The molecule has 0 aromatic heterocycles. The summed E-state index contributed by atoms with van der Waals surface area (Å²) in [5, 5.41) is 1.25. The summed E-state index contributed by atoms with van der Waals surface area (Å²) in [6.07, 6.45) is 2.73. The van der Waals surface area contributed by atoms with Crippen LogP contribution in [-0.4, -0.2) is 55.0 Å². The molecule has 6 heteroatoms. The van der Waals surface area contributed by atoms with Crippen LogP contribution in [0.25, 0.3) is 0 Å². The van der Waals surface area contributed by atoms with Crippen LogP contribution < -0.4 is 5.73 Å². The summed E-state index contributed by atoms with van der Waals surface area (Å²) in [4.78, 5) is 17.3. The summed E-state index contributed by atoms with van der Waals surface area (Å²) in [6.45, 7) is 6.04. The molecule has 0 radical (unpaired) electrons. The Kier molecular flexibility index (Phi) is 6.69. The highest BCUT2D eigenvalue weighted by Gasteiger charge is 2.41. The summed E-state index contributed by atoms with van der Waals surface area (Å²) in [5.41, 5.74) is 7.67. The topological polar surface area (TPSA) is 49.6 Å². The molecule has 1 atom stereocenters. The minimum atomic E-state index is -0.523. The molecule has 1 amide bonds. The average molecular weight is 446 g/mol. The SMILES string of the molecule is NC(=O)C1(c2ccccc2)CCN(CCN2CCC(c3ccc(Cl)c(Cl)c3)C2)CC1. The number of benzene rings is 2. The molecule has 0 saturated carbocycles. The molecule has 2 aliphatic rings. The van der Waals surface area contributed by atoms with Gasteiger partial charge in [0.05, 0.1) is 15.5 Å². The molecule has 1 unspecified atom stereocenters. The number of piperidine rings is 1. The van der Waals surface area contributed by atoms with E-state index in [1.807, 2.05) is 42.5 Å². The quantitative estimate of drug-likeness (QED) is 0.720. The van der Waals surface area contributed by atoms with Crippen LogP contribution in [0.4, 0.5) is 0 Å². The van der Waals surface area contributed by atoms with E-state index in [0.29, 0.717) is 16.0 Å². The summed E-state index contributed by atoms with van der Waals surface area (Å²) in [5.74, 6) is 0.319. The van der Waals surface area contributed by atoms with Crippen molar-refractivity contribution in [1.82, 2.24) is 9.80 Å². The van der Waals surface area contributed by atoms with Gasteiger partial charge in [0.2, 0.25) is 5.91 Å². The minimum absolute atomic E-state index is 0.197. The highest BCUT2D eigenvalue weighted by atomic mass is 35.5. The molecule has 0 aliphatic carbocycles. The van der Waals surface area contributed by atoms with Gasteiger partial charge in [-0.3, -0.25) is 4.79 Å². The lowest BCUT2D eigenvalue weighted by atomic mass is 9.72. The van der Waals surface area contributed by atoms with E-state index in [1.165, 1.54) is 5.56 Å². The highest BCUT2D eigenvalue weighted by Crippen LogP contribution is 2.36. The summed E-state index contributed by atoms with van der Waals surface area (Å²) in [7, 11) is 0. The number of carbonyl (C=O) groups excluding carboxylic acids is 1. The lowest BCUT2D eigenvalue weighted by Crippen LogP contribution is -2.51. The second kappa shape index (κ2) is 9.27. The molecule has 30 heavy (non-hydrogen) atoms. The molecule has 4 nitrogen and oxygen atoms in total. The zero-order chi connectivity index (χ0) is 21.1. The molecule has 2 heterocycles. The van der Waals surface area contributed by atoms with Crippen LogP contribution in [0.15, 0.2) is 48.5 Å². The van der Waals surface area contributed by atoms with Gasteiger partial charge in [0, 0.05) is 19.6 Å². The van der Waals surface area contributed by atoms with Gasteiger partial charge in [-0.15, -0.1) is 0 Å². The van der Waals surface area contributed by atoms with Crippen molar-refractivity contribution in [3.8, 4) is 0 Å². The Morgan fingerprint density at radius 1 is 0.967 bits per heavy atom. The first kappa shape index (κ1) is 21.6. The van der Waals surface area contributed by atoms with Crippen molar-refractivity contribution in [3.63, 3.8) is 0 Å². The smallest absolute Gasteiger partial charge is 0.228 e. The third kappa shape index (κ3) is 4.52. The lowest BCUT2D eigenvalue weighted by Gasteiger charge is -2.40. The van der Waals surface area contributed by atoms with Crippen molar-refractivity contribution in [3.05, 3.63) is 69.7 Å². The Labute approximate surface area is 188 Å². The standard InChI is InChI=1S/C24H29Cl2N3O/c25-21-7-6-18(16-22(21)26)19-8-11-29(17-19)15-14-28-12-9-24(10-13-28,23(27)30)20-4-2-1-3-5-20/h1-7,16,19H,8-15,17H2,(H2,27,30). The minimum Gasteiger partial charge on any atom is -0.369 e. The van der Waals surface area contributed by atoms with Crippen molar-refractivity contribution in [1.29, 1.82) is 0 Å². The zero-order valence-electron chi connectivity index (χ0n) is 17.2. The van der Waals surface area contributed by atoms with Gasteiger partial charge in [-0.1, -0.05) is 59.6 Å². The normalized spacial score (nSPS) is 22.3. The number of hydrogen-bond donors (Lipinski definition) is 1. The molecule has 2 aromatic rings. The lowest BCUT2D eigenvalue weighted by molar-refractivity contribution is -0.125. The first-order chi connectivity index (χ1) is 14.5. The van der Waals surface area contributed by atoms with Crippen LogP contribution in [0.2, 0.25) is 10.0 Å². The van der Waals surface area contributed by atoms with Crippen LogP contribution in [0.5, 0.6) is 0 Å². The largest absolute Gasteiger partial charge is 0.369 e. The van der Waals surface area contributed by atoms with E-state index >= 15 is 0 Å². The molecular formula is C24H29Cl2N3O. The molecule has 2 N–H and O–H groups in total. The number of rotatable bonds is 6. The summed E-state index contributed by atoms with van der Waals surface area (Å²) >= 11 is 12.2. The van der Waals surface area contributed by atoms with E-state index in [1.54, 1.807) is 0 Å². The third-order valence-electron chi connectivity index (χ3n) is 6.93. The van der Waals surface area contributed by atoms with E-state index in [4.69, 9.17) is 28.9 Å². The highest BCUT2D eigenvalue weighted by molar-refractivity contribution is 6.42. The van der Waals surface area contributed by atoms with Crippen molar-refractivity contribution in [2.75, 3.05) is 39.3 Å². The number of likely N-dealkylation sites (tertiary alicyclic amines) is 2. The maximum atomic E-state index is 12.3. The van der Waals surface area contributed by atoms with Gasteiger partial charge in [-0.25, -0.2) is 0 Å². The molecule has 4 rings (SSSR count). The molecule has 2 aromatic carbocycles. The Balaban J connectivity index is 1.29. The van der Waals surface area contributed by atoms with Gasteiger partial charge >= 0.3 is 0 Å². The third-order valence-corrected chi connectivity index (χ3v) is 7.67. The fourth-order valence-corrected chi connectivity index (χ4v) is 5.26. The van der Waals surface area contributed by atoms with Gasteiger partial charge in [0.25, 0.3) is 0 Å². The number of primary amides is 1. The van der Waals surface area contributed by atoms with Crippen molar-refractivity contribution >= 4 is 29.1 Å². The van der Waals surface area contributed by atoms with Gasteiger partial charge in [0.15, 0.2) is 0 Å². The Hall–Kier alpha value is -1.59. The van der Waals surface area contributed by atoms with Crippen molar-refractivity contribution in [2.24, 2.45) is 5.73 Å². The molecule has 2 saturated heterocycles. The first-order valence-corrected chi connectivity index (χ1v) is 11.5. The fourth-order valence-electron chi connectivity index (χ4n) is 4.95. The number of nitrogens with two attached hydrogens (primary N) is 1. The maximum absolute atomic E-state index is 12.3. The molecule has 2 aliphatic heterocycles. The fraction of sp³-hybridized carbons (Fsp3) is 0.458. The number of halogens is 2. The number of amides is 1. The number of nitrogens with zero attached hydrogens (tertiary/aromatic N) is 2. The van der Waals surface area contributed by atoms with Crippen LogP contribution in [0, 0.1) is 0 Å². The van der Waals surface area contributed by atoms with E-state index in [2.05, 4.69) is 15.9 Å². The first-order valence-electron chi connectivity index (χ1n) is 10.7. The molecular weight excluding hydrogens is 417 g/mol. The second-order valence-electron chi connectivity index (χ2n) is 8.61. The van der Waals surface area contributed by atoms with Gasteiger partial charge < -0.3 is 15.5 Å². The monoisotopic (exact) mass is 445 g/mol. The molecule has 0 bridgehead atoms. The summed E-state index contributed by atoms with van der Waals surface area (Å²) < 4.78 is 0. The Bertz CT molecular complexity index is 881. The molecule has 0 spiro atoms. The van der Waals surface area contributed by atoms with Crippen LogP contribution in [-0.2, 0) is 10.2 Å². The van der Waals surface area contributed by atoms with Gasteiger partial charge in [-0.2, -0.15) is 0 Å². The van der Waals surface area contributed by atoms with E-state index in [0.717, 1.165) is 64.1 Å². The van der Waals surface area contributed by atoms with Gasteiger partial charge in [0.1, 0.15) is 0 Å². The van der Waals surface area contributed by atoms with Crippen LogP contribution in [0.1, 0.15) is 36.3 Å². The molecule has 160 valence electrons. The predicted molar refractivity (Wildman–Crippen MR) is 123 cm³/mol. The van der Waals surface area contributed by atoms with E-state index in [9.17, 15) is 4.79 Å². The van der Waals surface area contributed by atoms with Crippen LogP contribution >= 0.6 is 23.2 Å². The summed E-state index contributed by atoms with van der Waals surface area (Å²) in [6, 6.07) is 16.0. The number of carbonyl (C=O) groups is 1. The zero-order valence-corrected chi connectivity index (χ0v) is 18.7. The van der Waals surface area contributed by atoms with E-state index < -0.39 is 5.41 Å². The van der Waals surface area contributed by atoms with Gasteiger partial charge in [-0.05, 0) is 68.1 Å². The maximum Gasteiger partial charge on any atom is 0.228 e. The Morgan fingerprint density at radius 3 is 2.33 bits per heavy atom. The van der Waals surface area contributed by atoms with Crippen molar-refractivity contribution in [2.45, 2.75) is 30.6 Å². The number of hydrogen-bond acceptors (Lipinski definition) is 3. The Morgan fingerprint density at radius 2 is 1.67 bits per heavy atom. The van der Waals surface area contributed by atoms with Crippen molar-refractivity contribution < 1.29 is 4.79 Å².